The summed E-state index contributed by atoms with van der Waals surface area (Å²) in [5, 5.41) is 9.85. The van der Waals surface area contributed by atoms with Crippen molar-refractivity contribution in [1.82, 2.24) is 0 Å². The third-order valence-corrected chi connectivity index (χ3v) is 7.22. The highest BCUT2D eigenvalue weighted by Gasteiger charge is 2.12. The van der Waals surface area contributed by atoms with Crippen molar-refractivity contribution in [3.63, 3.8) is 0 Å². The highest BCUT2D eigenvalue weighted by Crippen LogP contribution is 2.35. The van der Waals surface area contributed by atoms with Crippen molar-refractivity contribution in [3.8, 4) is 6.07 Å². The van der Waals surface area contributed by atoms with Gasteiger partial charge in [0.05, 0.1) is 18.2 Å². The molecule has 0 N–H and O–H groups in total. The molecule has 5 aromatic carbocycles. The predicted molar refractivity (Wildman–Crippen MR) is 182 cm³/mol. The molecule has 5 rings (SSSR count). The van der Waals surface area contributed by atoms with Crippen molar-refractivity contribution in [2.75, 3.05) is 23.9 Å². The van der Waals surface area contributed by atoms with E-state index in [9.17, 15) is 5.26 Å². The van der Waals surface area contributed by atoms with Gasteiger partial charge in [-0.05, 0) is 89.8 Å². The summed E-state index contributed by atoms with van der Waals surface area (Å²) in [6.45, 7) is 9.81. The van der Waals surface area contributed by atoms with Gasteiger partial charge in [-0.3, -0.25) is 0 Å². The van der Waals surface area contributed by atoms with E-state index >= 15 is 0 Å². The minimum atomic E-state index is 0.506. The van der Waals surface area contributed by atoms with Gasteiger partial charge in [0.1, 0.15) is 0 Å². The highest BCUT2D eigenvalue weighted by atomic mass is 15.1. The van der Waals surface area contributed by atoms with Crippen LogP contribution in [0.15, 0.2) is 115 Å². The maximum atomic E-state index is 9.85. The average molecular weight is 557 g/mol. The lowest BCUT2D eigenvalue weighted by Crippen LogP contribution is -2.11. The molecule has 0 aliphatic rings. The molecule has 0 fully saturated rings. The summed E-state index contributed by atoms with van der Waals surface area (Å²) in [6.07, 6.45) is 7.76. The van der Waals surface area contributed by atoms with Gasteiger partial charge in [0.2, 0.25) is 0 Å². The van der Waals surface area contributed by atoms with Crippen LogP contribution < -0.4 is 9.80 Å². The molecule has 4 nitrogen and oxygen atoms in total. The minimum absolute atomic E-state index is 0.506. The smallest absolute Gasteiger partial charge is 0.194 e. The number of nitriles is 1. The lowest BCUT2D eigenvalue weighted by molar-refractivity contribution is 1.13. The third kappa shape index (κ3) is 6.91. The zero-order valence-corrected chi connectivity index (χ0v) is 24.6. The lowest BCUT2D eigenvalue weighted by Gasteiger charge is -2.26. The SMILES string of the molecule is [C-]#[N+]c1cc(/C=C/c2ccc(C)cc2)c(C#N)cc1/C=C/c1ccc(N(c2ccccc2)c2ccc(N(C)C)cc2)cc1. The molecular formula is C39H32N4. The minimum Gasteiger partial charge on any atom is -0.378 e. The molecule has 0 spiro atoms. The van der Waals surface area contributed by atoms with Crippen LogP contribution in [0, 0.1) is 24.8 Å². The van der Waals surface area contributed by atoms with Crippen LogP contribution >= 0.6 is 0 Å². The Bertz CT molecular complexity index is 1830. The molecule has 0 unspecified atom stereocenters. The molecule has 0 aliphatic heterocycles. The van der Waals surface area contributed by atoms with Crippen LogP contribution in [0.3, 0.4) is 0 Å². The fraction of sp³-hybridized carbons (Fsp3) is 0.0769. The van der Waals surface area contributed by atoms with E-state index in [1.54, 1.807) is 12.1 Å². The van der Waals surface area contributed by atoms with Crippen LogP contribution in [0.1, 0.15) is 33.4 Å². The number of para-hydroxylation sites is 1. The van der Waals surface area contributed by atoms with Gasteiger partial charge in [-0.25, -0.2) is 4.85 Å². The molecule has 0 aliphatic carbocycles. The van der Waals surface area contributed by atoms with Crippen LogP contribution in [0.25, 0.3) is 29.1 Å². The second-order valence-corrected chi connectivity index (χ2v) is 10.5. The Morgan fingerprint density at radius 1 is 0.628 bits per heavy atom. The molecule has 0 radical (unpaired) electrons. The Hall–Kier alpha value is -5.84. The number of hydrogen-bond acceptors (Lipinski definition) is 3. The normalized spacial score (nSPS) is 10.9. The first kappa shape index (κ1) is 28.7. The molecule has 4 heteroatoms. The van der Waals surface area contributed by atoms with Crippen LogP contribution in [0.2, 0.25) is 0 Å². The summed E-state index contributed by atoms with van der Waals surface area (Å²) >= 11 is 0. The standard InChI is InChI=1S/C39H32N4/c1-29-10-12-30(13-11-29)14-18-32-27-39(41-2)33(26-34(32)28-40)19-15-31-16-20-37(21-17-31)43(36-8-6-5-7-9-36)38-24-22-35(23-25-38)42(3)4/h5-27H,1,3-4H3/b18-14+,19-15+. The molecule has 0 bridgehead atoms. The summed E-state index contributed by atoms with van der Waals surface area (Å²) in [6, 6.07) is 41.2. The van der Waals surface area contributed by atoms with Crippen LogP contribution in [0.4, 0.5) is 28.4 Å². The molecule has 0 aromatic heterocycles. The van der Waals surface area contributed by atoms with Crippen molar-refractivity contribution >= 4 is 52.7 Å². The van der Waals surface area contributed by atoms with Gasteiger partial charge in [0, 0.05) is 36.8 Å². The first-order valence-corrected chi connectivity index (χ1v) is 14.1. The monoisotopic (exact) mass is 556 g/mol. The molecule has 0 atom stereocenters. The molecule has 0 saturated heterocycles. The molecule has 0 heterocycles. The van der Waals surface area contributed by atoms with Crippen molar-refractivity contribution in [2.45, 2.75) is 6.92 Å². The maximum Gasteiger partial charge on any atom is 0.194 e. The molecule has 0 saturated carbocycles. The van der Waals surface area contributed by atoms with E-state index < -0.39 is 0 Å². The molecule has 0 amide bonds. The van der Waals surface area contributed by atoms with Gasteiger partial charge in [-0.15, -0.1) is 0 Å². The first-order valence-electron chi connectivity index (χ1n) is 14.1. The zero-order chi connectivity index (χ0) is 30.2. The largest absolute Gasteiger partial charge is 0.378 e. The Labute approximate surface area is 254 Å². The molecule has 208 valence electrons. The number of rotatable bonds is 8. The van der Waals surface area contributed by atoms with Gasteiger partial charge in [-0.2, -0.15) is 5.26 Å². The molecule has 5 aromatic rings. The summed E-state index contributed by atoms with van der Waals surface area (Å²) in [5.74, 6) is 0. The van der Waals surface area contributed by atoms with Crippen molar-refractivity contribution < 1.29 is 0 Å². The summed E-state index contributed by atoms with van der Waals surface area (Å²) < 4.78 is 0. The topological polar surface area (TPSA) is 34.6 Å². The zero-order valence-electron chi connectivity index (χ0n) is 24.6. The van der Waals surface area contributed by atoms with E-state index in [0.717, 1.165) is 45.0 Å². The van der Waals surface area contributed by atoms with Crippen molar-refractivity contribution in [2.24, 2.45) is 0 Å². The first-order chi connectivity index (χ1) is 20.9. The second kappa shape index (κ2) is 13.2. The van der Waals surface area contributed by atoms with E-state index in [1.807, 2.05) is 68.7 Å². The predicted octanol–water partition coefficient (Wildman–Crippen LogP) is 10.3. The van der Waals surface area contributed by atoms with Gasteiger partial charge in [0.15, 0.2) is 5.69 Å². The summed E-state index contributed by atoms with van der Waals surface area (Å²) in [4.78, 5) is 8.07. The van der Waals surface area contributed by atoms with Gasteiger partial charge < -0.3 is 9.80 Å². The van der Waals surface area contributed by atoms with E-state index in [1.165, 1.54) is 5.56 Å². The third-order valence-electron chi connectivity index (χ3n) is 7.22. The maximum absolute atomic E-state index is 9.85. The van der Waals surface area contributed by atoms with E-state index in [0.29, 0.717) is 11.3 Å². The Kier molecular flexibility index (Phi) is 8.81. The van der Waals surface area contributed by atoms with Gasteiger partial charge in [-0.1, -0.05) is 84.5 Å². The quantitative estimate of drug-likeness (QED) is 0.141. The number of nitrogens with zero attached hydrogens (tertiary/aromatic N) is 4. The van der Waals surface area contributed by atoms with E-state index in [2.05, 4.69) is 100 Å². The second-order valence-electron chi connectivity index (χ2n) is 10.5. The van der Waals surface area contributed by atoms with E-state index in [-0.39, 0.29) is 0 Å². The summed E-state index contributed by atoms with van der Waals surface area (Å²) in [5.41, 5.74) is 10.1. The molecular weight excluding hydrogens is 524 g/mol. The lowest BCUT2D eigenvalue weighted by atomic mass is 10.0. The van der Waals surface area contributed by atoms with Gasteiger partial charge >= 0.3 is 0 Å². The van der Waals surface area contributed by atoms with E-state index in [4.69, 9.17) is 6.57 Å². The number of aryl methyl sites for hydroxylation is 1. The van der Waals surface area contributed by atoms with Crippen molar-refractivity contribution in [1.29, 1.82) is 5.26 Å². The van der Waals surface area contributed by atoms with Crippen LogP contribution in [-0.4, -0.2) is 14.1 Å². The van der Waals surface area contributed by atoms with Crippen LogP contribution in [-0.2, 0) is 0 Å². The Morgan fingerprint density at radius 2 is 1.14 bits per heavy atom. The highest BCUT2D eigenvalue weighted by molar-refractivity contribution is 5.83. The number of benzene rings is 5. The summed E-state index contributed by atoms with van der Waals surface area (Å²) in [7, 11) is 4.08. The average Bonchev–Trinajstić information content (AvgIpc) is 3.05. The fourth-order valence-corrected chi connectivity index (χ4v) is 4.79. The van der Waals surface area contributed by atoms with Crippen molar-refractivity contribution in [3.05, 3.63) is 160 Å². The Morgan fingerprint density at radius 3 is 1.70 bits per heavy atom. The van der Waals surface area contributed by atoms with Crippen LogP contribution in [0.5, 0.6) is 0 Å². The number of hydrogen-bond donors (Lipinski definition) is 0. The molecule has 43 heavy (non-hydrogen) atoms. The fourth-order valence-electron chi connectivity index (χ4n) is 4.79. The number of anilines is 4. The van der Waals surface area contributed by atoms with Gasteiger partial charge in [0.25, 0.3) is 0 Å². The Balaban J connectivity index is 1.41.